The van der Waals surface area contributed by atoms with Crippen LogP contribution < -0.4 is 4.74 Å². The Morgan fingerprint density at radius 1 is 1.60 bits per heavy atom. The fourth-order valence-electron chi connectivity index (χ4n) is 0.915. The molecule has 0 saturated heterocycles. The lowest BCUT2D eigenvalue weighted by Crippen LogP contribution is -2.07. The van der Waals surface area contributed by atoms with Gasteiger partial charge in [-0.15, -0.1) is 0 Å². The van der Waals surface area contributed by atoms with Crippen molar-refractivity contribution in [1.82, 2.24) is 0 Å². The van der Waals surface area contributed by atoms with Crippen LogP contribution in [-0.2, 0) is 4.79 Å². The van der Waals surface area contributed by atoms with Crippen molar-refractivity contribution in [1.29, 1.82) is 0 Å². The zero-order valence-corrected chi connectivity index (χ0v) is 8.65. The molecule has 0 amide bonds. The molecule has 0 heterocycles. The van der Waals surface area contributed by atoms with Gasteiger partial charge in [-0.1, -0.05) is 18.5 Å². The van der Waals surface area contributed by atoms with E-state index < -0.39 is 10.9 Å². The van der Waals surface area contributed by atoms with E-state index in [0.29, 0.717) is 0 Å². The summed E-state index contributed by atoms with van der Waals surface area (Å²) < 4.78 is 4.77. The van der Waals surface area contributed by atoms with Gasteiger partial charge in [0.2, 0.25) is 5.75 Å². The highest BCUT2D eigenvalue weighted by Gasteiger charge is 2.17. The number of esters is 1. The number of nitro benzene ring substituents is 1. The van der Waals surface area contributed by atoms with Gasteiger partial charge in [0.25, 0.3) is 0 Å². The first-order valence-corrected chi connectivity index (χ1v) is 4.57. The molecule has 80 valence electrons. The number of nitrogens with zero attached hydrogens (tertiary/aromatic N) is 1. The lowest BCUT2D eigenvalue weighted by molar-refractivity contribution is -0.385. The second-order valence-electron chi connectivity index (χ2n) is 2.70. The lowest BCUT2D eigenvalue weighted by atomic mass is 10.3. The SMILES string of the molecule is CCC(=O)Oc1cc(Cl)ccc1[N+](=O)[O-]. The van der Waals surface area contributed by atoms with Gasteiger partial charge in [-0.2, -0.15) is 0 Å². The number of carbonyl (C=O) groups excluding carboxylic acids is 1. The minimum Gasteiger partial charge on any atom is -0.419 e. The Balaban J connectivity index is 3.07. The number of hydrogen-bond acceptors (Lipinski definition) is 4. The fourth-order valence-corrected chi connectivity index (χ4v) is 1.08. The van der Waals surface area contributed by atoms with Crippen LogP contribution in [0.4, 0.5) is 5.69 Å². The maximum absolute atomic E-state index is 11.0. The fraction of sp³-hybridized carbons (Fsp3) is 0.222. The van der Waals surface area contributed by atoms with Gasteiger partial charge in [-0.05, 0) is 6.07 Å². The Morgan fingerprint density at radius 3 is 2.80 bits per heavy atom. The van der Waals surface area contributed by atoms with Gasteiger partial charge in [-0.25, -0.2) is 0 Å². The Kier molecular flexibility index (Phi) is 3.62. The molecule has 0 N–H and O–H groups in total. The van der Waals surface area contributed by atoms with E-state index in [1.807, 2.05) is 0 Å². The van der Waals surface area contributed by atoms with Crippen LogP contribution in [0, 0.1) is 10.1 Å². The van der Waals surface area contributed by atoms with E-state index in [9.17, 15) is 14.9 Å². The number of halogens is 1. The van der Waals surface area contributed by atoms with Gasteiger partial charge >= 0.3 is 11.7 Å². The van der Waals surface area contributed by atoms with E-state index in [1.54, 1.807) is 6.92 Å². The largest absolute Gasteiger partial charge is 0.419 e. The average molecular weight is 230 g/mol. The molecule has 0 spiro atoms. The van der Waals surface area contributed by atoms with Crippen LogP contribution in [0.25, 0.3) is 0 Å². The predicted octanol–water partition coefficient (Wildman–Crippen LogP) is 2.56. The van der Waals surface area contributed by atoms with E-state index >= 15 is 0 Å². The molecule has 0 saturated carbocycles. The van der Waals surface area contributed by atoms with Gasteiger partial charge in [-0.3, -0.25) is 14.9 Å². The monoisotopic (exact) mass is 229 g/mol. The van der Waals surface area contributed by atoms with Crippen molar-refractivity contribution in [2.24, 2.45) is 0 Å². The number of ether oxygens (including phenoxy) is 1. The molecule has 0 radical (unpaired) electrons. The van der Waals surface area contributed by atoms with Gasteiger partial charge in [0.05, 0.1) is 4.92 Å². The highest BCUT2D eigenvalue weighted by molar-refractivity contribution is 6.30. The van der Waals surface area contributed by atoms with Crippen molar-refractivity contribution in [2.75, 3.05) is 0 Å². The van der Waals surface area contributed by atoms with Gasteiger partial charge < -0.3 is 4.74 Å². The summed E-state index contributed by atoms with van der Waals surface area (Å²) in [5.41, 5.74) is -0.277. The molecule has 0 aliphatic heterocycles. The summed E-state index contributed by atoms with van der Waals surface area (Å²) in [7, 11) is 0. The summed E-state index contributed by atoms with van der Waals surface area (Å²) >= 11 is 5.63. The molecule has 0 atom stereocenters. The van der Waals surface area contributed by atoms with Crippen molar-refractivity contribution in [2.45, 2.75) is 13.3 Å². The number of hydrogen-bond donors (Lipinski definition) is 0. The highest BCUT2D eigenvalue weighted by Crippen LogP contribution is 2.30. The number of rotatable bonds is 3. The molecule has 0 unspecified atom stereocenters. The smallest absolute Gasteiger partial charge is 0.311 e. The number of carbonyl (C=O) groups is 1. The Morgan fingerprint density at radius 2 is 2.27 bits per heavy atom. The van der Waals surface area contributed by atoms with E-state index in [0.717, 1.165) is 0 Å². The normalized spacial score (nSPS) is 9.73. The van der Waals surface area contributed by atoms with E-state index in [4.69, 9.17) is 16.3 Å². The maximum atomic E-state index is 11.0. The van der Waals surface area contributed by atoms with E-state index in [-0.39, 0.29) is 22.9 Å². The standard InChI is InChI=1S/C9H8ClNO4/c1-2-9(12)15-8-5-6(10)3-4-7(8)11(13)14/h3-5H,2H2,1H3. The molecule has 5 nitrogen and oxygen atoms in total. The molecule has 0 bridgehead atoms. The molecule has 15 heavy (non-hydrogen) atoms. The topological polar surface area (TPSA) is 69.4 Å². The summed E-state index contributed by atoms with van der Waals surface area (Å²) in [5, 5.41) is 10.9. The minimum atomic E-state index is -0.630. The van der Waals surface area contributed by atoms with Crippen LogP contribution in [-0.4, -0.2) is 10.9 Å². The first kappa shape index (κ1) is 11.5. The van der Waals surface area contributed by atoms with Crippen LogP contribution in [0.5, 0.6) is 5.75 Å². The zero-order chi connectivity index (χ0) is 11.4. The zero-order valence-electron chi connectivity index (χ0n) is 7.90. The van der Waals surface area contributed by atoms with Crippen LogP contribution >= 0.6 is 11.6 Å². The molecule has 6 heteroatoms. The first-order chi connectivity index (χ1) is 7.04. The van der Waals surface area contributed by atoms with Gasteiger partial charge in [0.15, 0.2) is 0 Å². The minimum absolute atomic E-state index is 0.126. The lowest BCUT2D eigenvalue weighted by Gasteiger charge is -2.03. The second-order valence-corrected chi connectivity index (χ2v) is 3.13. The van der Waals surface area contributed by atoms with Gasteiger partial charge in [0.1, 0.15) is 0 Å². The van der Waals surface area contributed by atoms with E-state index in [2.05, 4.69) is 0 Å². The molecule has 0 aromatic heterocycles. The van der Waals surface area contributed by atoms with Crippen LogP contribution in [0.1, 0.15) is 13.3 Å². The molecule has 1 aromatic carbocycles. The van der Waals surface area contributed by atoms with Crippen LogP contribution in [0.15, 0.2) is 18.2 Å². The van der Waals surface area contributed by atoms with Crippen molar-refractivity contribution in [3.63, 3.8) is 0 Å². The third kappa shape index (κ3) is 2.92. The summed E-state index contributed by atoms with van der Waals surface area (Å²) in [4.78, 5) is 20.9. The predicted molar refractivity (Wildman–Crippen MR) is 54.0 cm³/mol. The third-order valence-electron chi connectivity index (χ3n) is 1.63. The molecule has 1 rings (SSSR count). The van der Waals surface area contributed by atoms with Crippen LogP contribution in [0.2, 0.25) is 5.02 Å². The number of nitro groups is 1. The summed E-state index contributed by atoms with van der Waals surface area (Å²) in [6.07, 6.45) is 0.143. The second kappa shape index (κ2) is 4.75. The quantitative estimate of drug-likeness (QED) is 0.346. The summed E-state index contributed by atoms with van der Waals surface area (Å²) in [6.45, 7) is 1.60. The van der Waals surface area contributed by atoms with Crippen molar-refractivity contribution >= 4 is 23.3 Å². The van der Waals surface area contributed by atoms with Crippen LogP contribution in [0.3, 0.4) is 0 Å². The molecular formula is C9H8ClNO4. The molecule has 0 fully saturated rings. The maximum Gasteiger partial charge on any atom is 0.311 e. The Hall–Kier alpha value is -1.62. The van der Waals surface area contributed by atoms with Crippen molar-refractivity contribution in [3.8, 4) is 5.75 Å². The highest BCUT2D eigenvalue weighted by atomic mass is 35.5. The summed E-state index contributed by atoms with van der Waals surface area (Å²) in [5.74, 6) is -0.667. The van der Waals surface area contributed by atoms with Gasteiger partial charge in [0, 0.05) is 23.6 Å². The third-order valence-corrected chi connectivity index (χ3v) is 1.87. The molecule has 0 aliphatic rings. The molecule has 0 aliphatic carbocycles. The van der Waals surface area contributed by atoms with Crippen molar-refractivity contribution in [3.05, 3.63) is 33.3 Å². The number of benzene rings is 1. The Labute approximate surface area is 90.8 Å². The average Bonchev–Trinajstić information content (AvgIpc) is 2.17. The molecule has 1 aromatic rings. The van der Waals surface area contributed by atoms with E-state index in [1.165, 1.54) is 18.2 Å². The summed E-state index contributed by atoms with van der Waals surface area (Å²) in [6, 6.07) is 3.80. The molecular weight excluding hydrogens is 222 g/mol. The first-order valence-electron chi connectivity index (χ1n) is 4.19. The van der Waals surface area contributed by atoms with Crippen molar-refractivity contribution < 1.29 is 14.5 Å². The Bertz CT molecular complexity index is 405.